The van der Waals surface area contributed by atoms with Gasteiger partial charge in [0.15, 0.2) is 0 Å². The molecule has 3 nitrogen and oxygen atoms in total. The molecule has 3 rings (SSSR count). The molecular weight excluding hydrogens is 379 g/mol. The summed E-state index contributed by atoms with van der Waals surface area (Å²) in [5, 5.41) is 0.497. The number of halogens is 2. The van der Waals surface area contributed by atoms with Crippen LogP contribution in [-0.4, -0.2) is 20.5 Å². The Kier molecular flexibility index (Phi) is 4.58. The van der Waals surface area contributed by atoms with Crippen LogP contribution in [0.2, 0.25) is 5.02 Å². The van der Waals surface area contributed by atoms with Gasteiger partial charge >= 0.3 is 0 Å². The van der Waals surface area contributed by atoms with Crippen LogP contribution in [0.5, 0.6) is 0 Å². The van der Waals surface area contributed by atoms with E-state index in [1.807, 2.05) is 26.8 Å². The fraction of sp³-hybridized carbons (Fsp3) is 0.389. The third kappa shape index (κ3) is 3.04. The average Bonchev–Trinajstić information content (AvgIpc) is 2.91. The lowest BCUT2D eigenvalue weighted by Crippen LogP contribution is -2.51. The van der Waals surface area contributed by atoms with E-state index in [1.54, 1.807) is 25.1 Å². The summed E-state index contributed by atoms with van der Waals surface area (Å²) in [7, 11) is -1.18. The van der Waals surface area contributed by atoms with Gasteiger partial charge in [-0.25, -0.2) is 4.39 Å². The average molecular weight is 399 g/mol. The Morgan fingerprint density at radius 3 is 2.68 bits per heavy atom. The molecule has 0 bridgehead atoms. The van der Waals surface area contributed by atoms with Crippen LogP contribution in [0.3, 0.4) is 0 Å². The number of thiophene rings is 1. The first-order valence-corrected chi connectivity index (χ1v) is 10.4. The molecule has 0 fully saturated rings. The minimum absolute atomic E-state index is 0.256. The molecule has 1 aliphatic rings. The first kappa shape index (κ1) is 18.5. The summed E-state index contributed by atoms with van der Waals surface area (Å²) >= 11 is 7.83. The molecule has 0 saturated carbocycles. The molecule has 1 unspecified atom stereocenters. The Morgan fingerprint density at radius 1 is 1.36 bits per heavy atom. The van der Waals surface area contributed by atoms with E-state index in [0.29, 0.717) is 27.7 Å². The zero-order chi connectivity index (χ0) is 18.6. The van der Waals surface area contributed by atoms with Gasteiger partial charge in [-0.05, 0) is 39.3 Å². The molecule has 0 saturated heterocycles. The third-order valence-electron chi connectivity index (χ3n) is 4.60. The molecule has 25 heavy (non-hydrogen) atoms. The standard InChI is InChI=1S/C18H20ClFN2OS2/c1-10-6-5-7-11(14(10)20)13-8-12(19)15(24-13)18(4)9-25(23)17(2,3)16(21)22-18/h5-8H,9H2,1-4H3,(H2,21,22)/t18-,25?/m0/s1. The van der Waals surface area contributed by atoms with Crippen molar-refractivity contribution in [3.63, 3.8) is 0 Å². The lowest BCUT2D eigenvalue weighted by molar-refractivity contribution is 0.545. The highest BCUT2D eigenvalue weighted by Gasteiger charge is 2.44. The minimum Gasteiger partial charge on any atom is -0.386 e. The molecule has 0 aliphatic carbocycles. The van der Waals surface area contributed by atoms with Gasteiger partial charge in [-0.15, -0.1) is 11.3 Å². The molecule has 7 heteroatoms. The lowest BCUT2D eigenvalue weighted by Gasteiger charge is -2.36. The number of aliphatic imine (C=N–C) groups is 1. The summed E-state index contributed by atoms with van der Waals surface area (Å²) in [4.78, 5) is 6.12. The minimum atomic E-state index is -1.18. The number of hydrogen-bond donors (Lipinski definition) is 1. The lowest BCUT2D eigenvalue weighted by atomic mass is 10.0. The van der Waals surface area contributed by atoms with Crippen LogP contribution >= 0.6 is 22.9 Å². The Bertz CT molecular complexity index is 906. The Hall–Kier alpha value is -1.24. The van der Waals surface area contributed by atoms with Crippen LogP contribution in [0.4, 0.5) is 4.39 Å². The van der Waals surface area contributed by atoms with Crippen molar-refractivity contribution in [1.82, 2.24) is 0 Å². The van der Waals surface area contributed by atoms with Crippen LogP contribution in [0.15, 0.2) is 29.3 Å². The first-order valence-electron chi connectivity index (χ1n) is 7.86. The highest BCUT2D eigenvalue weighted by molar-refractivity contribution is 7.87. The van der Waals surface area contributed by atoms with Crippen molar-refractivity contribution >= 4 is 39.6 Å². The molecule has 0 amide bonds. The number of rotatable bonds is 2. The highest BCUT2D eigenvalue weighted by Crippen LogP contribution is 2.45. The summed E-state index contributed by atoms with van der Waals surface area (Å²) in [5.41, 5.74) is 6.40. The second-order valence-corrected chi connectivity index (χ2v) is 10.5. The molecule has 2 heterocycles. The largest absolute Gasteiger partial charge is 0.386 e. The van der Waals surface area contributed by atoms with Gasteiger partial charge in [-0.3, -0.25) is 9.20 Å². The molecular formula is C18H20ClFN2OS2. The summed E-state index contributed by atoms with van der Waals surface area (Å²) in [6, 6.07) is 7.03. The molecule has 1 aromatic carbocycles. The van der Waals surface area contributed by atoms with Crippen molar-refractivity contribution in [2.75, 3.05) is 5.75 Å². The fourth-order valence-electron chi connectivity index (χ4n) is 2.81. The first-order chi connectivity index (χ1) is 11.6. The molecule has 0 spiro atoms. The molecule has 2 atom stereocenters. The number of nitrogens with zero attached hydrogens (tertiary/aromatic N) is 1. The van der Waals surface area contributed by atoms with Crippen molar-refractivity contribution in [2.45, 2.75) is 38.0 Å². The van der Waals surface area contributed by atoms with Gasteiger partial charge in [0.2, 0.25) is 0 Å². The number of hydrogen-bond acceptors (Lipinski definition) is 4. The van der Waals surface area contributed by atoms with Crippen molar-refractivity contribution in [2.24, 2.45) is 10.7 Å². The van der Waals surface area contributed by atoms with E-state index in [9.17, 15) is 8.60 Å². The van der Waals surface area contributed by atoms with Crippen molar-refractivity contribution in [3.05, 3.63) is 45.5 Å². The van der Waals surface area contributed by atoms with Crippen LogP contribution in [-0.2, 0) is 16.3 Å². The number of benzene rings is 1. The predicted molar refractivity (Wildman–Crippen MR) is 106 cm³/mol. The van der Waals surface area contributed by atoms with Crippen molar-refractivity contribution < 1.29 is 8.60 Å². The molecule has 1 aromatic heterocycles. The van der Waals surface area contributed by atoms with Gasteiger partial charge in [0, 0.05) is 21.2 Å². The number of amidine groups is 1. The monoisotopic (exact) mass is 398 g/mol. The topological polar surface area (TPSA) is 55.5 Å². The van der Waals surface area contributed by atoms with Crippen molar-refractivity contribution in [3.8, 4) is 10.4 Å². The van der Waals surface area contributed by atoms with Crippen LogP contribution in [0.1, 0.15) is 31.2 Å². The second kappa shape index (κ2) is 6.18. The normalized spacial score (nSPS) is 25.7. The second-order valence-electron chi connectivity index (χ2n) is 7.00. The molecule has 1 aliphatic heterocycles. The van der Waals surface area contributed by atoms with E-state index in [-0.39, 0.29) is 5.82 Å². The van der Waals surface area contributed by atoms with Crippen molar-refractivity contribution in [1.29, 1.82) is 0 Å². The maximum absolute atomic E-state index is 14.5. The van der Waals surface area contributed by atoms with Gasteiger partial charge in [0.05, 0.1) is 20.4 Å². The zero-order valence-corrected chi connectivity index (χ0v) is 16.9. The highest BCUT2D eigenvalue weighted by atomic mass is 35.5. The number of aryl methyl sites for hydroxylation is 1. The van der Waals surface area contributed by atoms with E-state index < -0.39 is 21.1 Å². The summed E-state index contributed by atoms with van der Waals surface area (Å²) < 4.78 is 26.5. The van der Waals surface area contributed by atoms with Gasteiger partial charge in [-0.1, -0.05) is 29.8 Å². The van der Waals surface area contributed by atoms with Crippen LogP contribution in [0.25, 0.3) is 10.4 Å². The van der Waals surface area contributed by atoms with E-state index in [2.05, 4.69) is 4.99 Å². The summed E-state index contributed by atoms with van der Waals surface area (Å²) in [6.07, 6.45) is 0. The SMILES string of the molecule is Cc1cccc(-c2cc(Cl)c([C@]3(C)CS(=O)C(C)(C)C(N)=N3)s2)c1F. The van der Waals surface area contributed by atoms with Crippen LogP contribution < -0.4 is 5.73 Å². The zero-order valence-electron chi connectivity index (χ0n) is 14.5. The van der Waals surface area contributed by atoms with Gasteiger partial charge < -0.3 is 5.73 Å². The molecule has 2 N–H and O–H groups in total. The van der Waals surface area contributed by atoms with E-state index in [1.165, 1.54) is 11.3 Å². The van der Waals surface area contributed by atoms with E-state index >= 15 is 0 Å². The Morgan fingerprint density at radius 2 is 2.04 bits per heavy atom. The van der Waals surface area contributed by atoms with E-state index in [4.69, 9.17) is 17.3 Å². The van der Waals surface area contributed by atoms with Crippen LogP contribution in [0, 0.1) is 12.7 Å². The van der Waals surface area contributed by atoms with Gasteiger partial charge in [-0.2, -0.15) is 0 Å². The Balaban J connectivity index is 2.11. The number of nitrogens with two attached hydrogens (primary N) is 1. The Labute approximate surface area is 158 Å². The molecule has 2 aromatic rings. The summed E-state index contributed by atoms with van der Waals surface area (Å²) in [5.74, 6) is 0.428. The maximum atomic E-state index is 14.5. The third-order valence-corrected chi connectivity index (χ3v) is 8.60. The predicted octanol–water partition coefficient (Wildman–Crippen LogP) is 4.63. The molecule has 0 radical (unpaired) electrons. The quantitative estimate of drug-likeness (QED) is 0.801. The van der Waals surface area contributed by atoms with Gasteiger partial charge in [0.1, 0.15) is 17.2 Å². The maximum Gasteiger partial charge on any atom is 0.134 e. The summed E-state index contributed by atoms with van der Waals surface area (Å²) in [6.45, 7) is 7.25. The fourth-order valence-corrected chi connectivity index (χ4v) is 5.91. The van der Waals surface area contributed by atoms with Gasteiger partial charge in [0.25, 0.3) is 0 Å². The molecule has 134 valence electrons. The van der Waals surface area contributed by atoms with E-state index in [0.717, 1.165) is 9.75 Å². The smallest absolute Gasteiger partial charge is 0.134 e.